The molecule has 0 aromatic carbocycles. The van der Waals surface area contributed by atoms with Crippen LogP contribution in [0.3, 0.4) is 0 Å². The number of nitrogens with one attached hydrogen (secondary N) is 1. The number of hydrogen-bond donors (Lipinski definition) is 1. The summed E-state index contributed by atoms with van der Waals surface area (Å²) in [5, 5.41) is 13.2. The highest BCUT2D eigenvalue weighted by atomic mass is 32.1. The van der Waals surface area contributed by atoms with Gasteiger partial charge in [0, 0.05) is 19.0 Å². The fourth-order valence-electron chi connectivity index (χ4n) is 1.59. The molecule has 94 valence electrons. The van der Waals surface area contributed by atoms with Crippen molar-refractivity contribution in [3.05, 3.63) is 5.01 Å². The van der Waals surface area contributed by atoms with Gasteiger partial charge in [-0.15, -0.1) is 10.2 Å². The average molecular weight is 254 g/mol. The van der Waals surface area contributed by atoms with E-state index in [2.05, 4.69) is 15.5 Å². The van der Waals surface area contributed by atoms with Gasteiger partial charge in [0.2, 0.25) is 11.0 Å². The lowest BCUT2D eigenvalue weighted by Crippen LogP contribution is -2.37. The first-order valence-corrected chi connectivity index (χ1v) is 6.91. The maximum Gasteiger partial charge on any atom is 0.239 e. The number of aromatic nitrogens is 2. The van der Waals surface area contributed by atoms with E-state index in [-0.39, 0.29) is 5.91 Å². The molecule has 17 heavy (non-hydrogen) atoms. The third-order valence-corrected chi connectivity index (χ3v) is 3.86. The minimum Gasteiger partial charge on any atom is -0.355 e. The number of hydrogen-bond acceptors (Lipinski definition) is 5. The van der Waals surface area contributed by atoms with Gasteiger partial charge in [0.1, 0.15) is 5.01 Å². The Morgan fingerprint density at radius 1 is 1.47 bits per heavy atom. The summed E-state index contributed by atoms with van der Waals surface area (Å²) in [6, 6.07) is 0. The Labute approximate surface area is 105 Å². The molecule has 1 aliphatic rings. The van der Waals surface area contributed by atoms with E-state index >= 15 is 0 Å². The van der Waals surface area contributed by atoms with E-state index in [0.717, 1.165) is 16.7 Å². The number of likely N-dealkylation sites (N-methyl/N-ethyl adjacent to an activating group) is 2. The summed E-state index contributed by atoms with van der Waals surface area (Å²) in [6.45, 7) is 5.75. The topological polar surface area (TPSA) is 58.1 Å². The summed E-state index contributed by atoms with van der Waals surface area (Å²) in [4.78, 5) is 13.5. The van der Waals surface area contributed by atoms with Gasteiger partial charge in [-0.1, -0.05) is 11.3 Å². The number of carbonyl (C=O) groups is 1. The van der Waals surface area contributed by atoms with Gasteiger partial charge in [0.05, 0.1) is 6.54 Å². The number of anilines is 1. The van der Waals surface area contributed by atoms with Crippen molar-refractivity contribution in [2.45, 2.75) is 32.6 Å². The molecule has 6 heteroatoms. The molecule has 1 N–H and O–H groups in total. The minimum atomic E-state index is 0.0394. The Hall–Kier alpha value is -1.17. The SMILES string of the molecule is CCNC(=O)CN(CC)c1nnc(C2CC2)s1. The first-order chi connectivity index (χ1) is 8.24. The van der Waals surface area contributed by atoms with E-state index in [1.54, 1.807) is 11.3 Å². The molecular weight excluding hydrogens is 236 g/mol. The largest absolute Gasteiger partial charge is 0.355 e. The Bertz CT molecular complexity index is 389. The third-order valence-electron chi connectivity index (χ3n) is 2.72. The van der Waals surface area contributed by atoms with E-state index in [9.17, 15) is 4.79 Å². The number of nitrogens with zero attached hydrogens (tertiary/aromatic N) is 3. The van der Waals surface area contributed by atoms with Gasteiger partial charge in [-0.3, -0.25) is 4.79 Å². The molecule has 2 rings (SSSR count). The maximum atomic E-state index is 11.5. The van der Waals surface area contributed by atoms with Crippen molar-refractivity contribution in [1.29, 1.82) is 0 Å². The van der Waals surface area contributed by atoms with Crippen molar-refractivity contribution < 1.29 is 4.79 Å². The third kappa shape index (κ3) is 3.15. The zero-order valence-corrected chi connectivity index (χ0v) is 11.1. The van der Waals surface area contributed by atoms with Crippen LogP contribution in [0.25, 0.3) is 0 Å². The van der Waals surface area contributed by atoms with Crippen LogP contribution in [0.15, 0.2) is 0 Å². The lowest BCUT2D eigenvalue weighted by Gasteiger charge is -2.17. The van der Waals surface area contributed by atoms with E-state index in [0.29, 0.717) is 19.0 Å². The van der Waals surface area contributed by atoms with Crippen LogP contribution in [-0.2, 0) is 4.79 Å². The van der Waals surface area contributed by atoms with Crippen LogP contribution in [0.2, 0.25) is 0 Å². The Morgan fingerprint density at radius 3 is 2.82 bits per heavy atom. The second-order valence-corrected chi connectivity index (χ2v) is 5.15. The van der Waals surface area contributed by atoms with Gasteiger partial charge in [-0.05, 0) is 26.7 Å². The maximum absolute atomic E-state index is 11.5. The fraction of sp³-hybridized carbons (Fsp3) is 0.727. The molecule has 0 radical (unpaired) electrons. The normalized spacial score (nSPS) is 14.7. The Kier molecular flexibility index (Phi) is 3.93. The highest BCUT2D eigenvalue weighted by molar-refractivity contribution is 7.15. The minimum absolute atomic E-state index is 0.0394. The van der Waals surface area contributed by atoms with Gasteiger partial charge >= 0.3 is 0 Å². The second kappa shape index (κ2) is 5.44. The van der Waals surface area contributed by atoms with E-state index < -0.39 is 0 Å². The Balaban J connectivity index is 1.98. The molecule has 0 unspecified atom stereocenters. The standard InChI is InChI=1S/C11H18N4OS/c1-3-12-9(16)7-15(4-2)11-14-13-10(17-11)8-5-6-8/h8H,3-7H2,1-2H3,(H,12,16). The molecule has 0 bridgehead atoms. The zero-order valence-electron chi connectivity index (χ0n) is 10.3. The predicted octanol–water partition coefficient (Wildman–Crippen LogP) is 1.38. The molecule has 1 aromatic heterocycles. The van der Waals surface area contributed by atoms with Crippen molar-refractivity contribution >= 4 is 22.4 Å². The summed E-state index contributed by atoms with van der Waals surface area (Å²) in [5.41, 5.74) is 0. The van der Waals surface area contributed by atoms with Crippen molar-refractivity contribution in [2.75, 3.05) is 24.5 Å². The molecule has 1 amide bonds. The van der Waals surface area contributed by atoms with Crippen LogP contribution in [0.4, 0.5) is 5.13 Å². The van der Waals surface area contributed by atoms with Crippen molar-refractivity contribution in [1.82, 2.24) is 15.5 Å². The van der Waals surface area contributed by atoms with Crippen LogP contribution in [0.5, 0.6) is 0 Å². The smallest absolute Gasteiger partial charge is 0.239 e. The summed E-state index contributed by atoms with van der Waals surface area (Å²) in [5.74, 6) is 0.668. The first kappa shape index (κ1) is 12.3. The summed E-state index contributed by atoms with van der Waals surface area (Å²) in [7, 11) is 0. The van der Waals surface area contributed by atoms with Gasteiger partial charge in [-0.2, -0.15) is 0 Å². The first-order valence-electron chi connectivity index (χ1n) is 6.09. The molecule has 1 heterocycles. The molecule has 5 nitrogen and oxygen atoms in total. The van der Waals surface area contributed by atoms with Gasteiger partial charge in [-0.25, -0.2) is 0 Å². The number of carbonyl (C=O) groups excluding carboxylic acids is 1. The van der Waals surface area contributed by atoms with E-state index in [4.69, 9.17) is 0 Å². The quantitative estimate of drug-likeness (QED) is 0.833. The summed E-state index contributed by atoms with van der Waals surface area (Å²) >= 11 is 1.62. The van der Waals surface area contributed by atoms with Gasteiger partial charge in [0.25, 0.3) is 0 Å². The van der Waals surface area contributed by atoms with E-state index in [1.807, 2.05) is 18.7 Å². The average Bonchev–Trinajstić information content (AvgIpc) is 3.05. The molecule has 1 saturated carbocycles. The monoisotopic (exact) mass is 254 g/mol. The molecule has 0 spiro atoms. The number of rotatable bonds is 6. The fourth-order valence-corrected chi connectivity index (χ4v) is 2.67. The molecule has 0 aliphatic heterocycles. The summed E-state index contributed by atoms with van der Waals surface area (Å²) in [6.07, 6.45) is 2.47. The van der Waals surface area contributed by atoms with Crippen LogP contribution in [0.1, 0.15) is 37.6 Å². The van der Waals surface area contributed by atoms with Gasteiger partial charge in [0.15, 0.2) is 0 Å². The van der Waals surface area contributed by atoms with Crippen LogP contribution < -0.4 is 10.2 Å². The lowest BCUT2D eigenvalue weighted by atomic mass is 10.5. The van der Waals surface area contributed by atoms with Gasteiger partial charge < -0.3 is 10.2 Å². The summed E-state index contributed by atoms with van der Waals surface area (Å²) < 4.78 is 0. The van der Waals surface area contributed by atoms with Crippen LogP contribution in [0, 0.1) is 0 Å². The van der Waals surface area contributed by atoms with E-state index in [1.165, 1.54) is 12.8 Å². The van der Waals surface area contributed by atoms with Crippen molar-refractivity contribution in [3.8, 4) is 0 Å². The van der Waals surface area contributed by atoms with Crippen molar-refractivity contribution in [2.24, 2.45) is 0 Å². The zero-order chi connectivity index (χ0) is 12.3. The highest BCUT2D eigenvalue weighted by Crippen LogP contribution is 2.42. The van der Waals surface area contributed by atoms with Crippen molar-refractivity contribution in [3.63, 3.8) is 0 Å². The number of amides is 1. The predicted molar refractivity (Wildman–Crippen MR) is 68.5 cm³/mol. The van der Waals surface area contributed by atoms with Crippen LogP contribution in [-0.4, -0.2) is 35.7 Å². The molecule has 0 saturated heterocycles. The molecule has 1 fully saturated rings. The Morgan fingerprint density at radius 2 is 2.24 bits per heavy atom. The molecular formula is C11H18N4OS. The second-order valence-electron chi connectivity index (χ2n) is 4.16. The van der Waals surface area contributed by atoms with Crippen LogP contribution >= 0.6 is 11.3 Å². The molecule has 1 aromatic rings. The molecule has 0 atom stereocenters. The lowest BCUT2D eigenvalue weighted by molar-refractivity contribution is -0.119. The highest BCUT2D eigenvalue weighted by Gasteiger charge is 2.28. The molecule has 1 aliphatic carbocycles.